The molecule has 2 N–H and O–H groups in total. The van der Waals surface area contributed by atoms with Crippen LogP contribution in [-0.4, -0.2) is 5.11 Å². The molecule has 0 amide bonds. The normalized spacial score (nSPS) is 10.1. The van der Waals surface area contributed by atoms with Gasteiger partial charge in [-0.25, -0.2) is 0 Å². The number of halogens is 1. The minimum Gasteiger partial charge on any atom is -0.506 e. The summed E-state index contributed by atoms with van der Waals surface area (Å²) in [6.07, 6.45) is 0. The number of hydrogen-bond donors (Lipinski definition) is 2. The van der Waals surface area contributed by atoms with Crippen molar-refractivity contribution in [3.8, 4) is 11.8 Å². The van der Waals surface area contributed by atoms with Crippen molar-refractivity contribution in [1.82, 2.24) is 5.32 Å². The van der Waals surface area contributed by atoms with Crippen LogP contribution in [0.3, 0.4) is 0 Å². The molecule has 0 aromatic heterocycles. The number of benzene rings is 2. The molecule has 4 heteroatoms. The molecule has 0 saturated carbocycles. The van der Waals surface area contributed by atoms with Crippen molar-refractivity contribution in [2.45, 2.75) is 13.1 Å². The third kappa shape index (κ3) is 3.47. The molecule has 96 valence electrons. The predicted molar refractivity (Wildman–Crippen MR) is 74.8 cm³/mol. The molecule has 3 nitrogen and oxygen atoms in total. The lowest BCUT2D eigenvalue weighted by molar-refractivity contribution is 0.464. The fourth-order valence-electron chi connectivity index (χ4n) is 1.79. The topological polar surface area (TPSA) is 56.0 Å². The summed E-state index contributed by atoms with van der Waals surface area (Å²) in [6.45, 7) is 1.14. The van der Waals surface area contributed by atoms with Gasteiger partial charge in [-0.05, 0) is 23.8 Å². The average molecular weight is 273 g/mol. The second-order valence-corrected chi connectivity index (χ2v) is 4.57. The minimum atomic E-state index is 0.113. The third-order valence-electron chi connectivity index (χ3n) is 2.77. The molecule has 19 heavy (non-hydrogen) atoms. The Bertz CT molecular complexity index is 620. The van der Waals surface area contributed by atoms with Gasteiger partial charge in [-0.15, -0.1) is 0 Å². The predicted octanol–water partition coefficient (Wildman–Crippen LogP) is 3.21. The molecule has 0 bridgehead atoms. The zero-order valence-electron chi connectivity index (χ0n) is 10.2. The van der Waals surface area contributed by atoms with Crippen LogP contribution >= 0.6 is 11.6 Å². The molecule has 2 aromatic rings. The summed E-state index contributed by atoms with van der Waals surface area (Å²) < 4.78 is 0. The van der Waals surface area contributed by atoms with E-state index in [1.165, 1.54) is 0 Å². The van der Waals surface area contributed by atoms with Crippen LogP contribution in [0.1, 0.15) is 16.7 Å². The Kier molecular flexibility index (Phi) is 4.40. The Morgan fingerprint density at radius 1 is 1.16 bits per heavy atom. The highest BCUT2D eigenvalue weighted by atomic mass is 35.5. The highest BCUT2D eigenvalue weighted by molar-refractivity contribution is 6.32. The van der Waals surface area contributed by atoms with Gasteiger partial charge in [0.2, 0.25) is 0 Å². The molecule has 0 saturated heterocycles. The summed E-state index contributed by atoms with van der Waals surface area (Å²) in [7, 11) is 0. The number of nitriles is 1. The monoisotopic (exact) mass is 272 g/mol. The second kappa shape index (κ2) is 6.24. The lowest BCUT2D eigenvalue weighted by Gasteiger charge is -2.08. The minimum absolute atomic E-state index is 0.113. The number of nitrogens with zero attached hydrogens (tertiary/aromatic N) is 1. The fraction of sp³-hybridized carbons (Fsp3) is 0.133. The lowest BCUT2D eigenvalue weighted by Crippen LogP contribution is -2.12. The molecular weight excluding hydrogens is 260 g/mol. The Balaban J connectivity index is 1.96. The Labute approximate surface area is 117 Å². The Hall–Kier alpha value is -2.02. The van der Waals surface area contributed by atoms with Gasteiger partial charge < -0.3 is 10.4 Å². The molecule has 0 aliphatic carbocycles. The first kappa shape index (κ1) is 13.4. The highest BCUT2D eigenvalue weighted by Crippen LogP contribution is 2.26. The van der Waals surface area contributed by atoms with Crippen LogP contribution in [0.4, 0.5) is 0 Å². The van der Waals surface area contributed by atoms with Gasteiger partial charge >= 0.3 is 0 Å². The number of hydrogen-bond acceptors (Lipinski definition) is 3. The molecule has 0 unspecified atom stereocenters. The maximum Gasteiger partial charge on any atom is 0.138 e. The van der Waals surface area contributed by atoms with Crippen LogP contribution in [0.2, 0.25) is 5.02 Å². The average Bonchev–Trinajstić information content (AvgIpc) is 2.44. The van der Waals surface area contributed by atoms with Crippen LogP contribution in [0, 0.1) is 11.3 Å². The van der Waals surface area contributed by atoms with Gasteiger partial charge in [-0.3, -0.25) is 0 Å². The van der Waals surface area contributed by atoms with Gasteiger partial charge in [0.15, 0.2) is 0 Å². The van der Waals surface area contributed by atoms with Crippen molar-refractivity contribution in [1.29, 1.82) is 5.26 Å². The van der Waals surface area contributed by atoms with Gasteiger partial charge in [-0.1, -0.05) is 35.9 Å². The highest BCUT2D eigenvalue weighted by Gasteiger charge is 2.04. The van der Waals surface area contributed by atoms with E-state index in [-0.39, 0.29) is 5.75 Å². The van der Waals surface area contributed by atoms with Crippen LogP contribution in [0.5, 0.6) is 5.75 Å². The summed E-state index contributed by atoms with van der Waals surface area (Å²) in [5.74, 6) is 0.113. The molecule has 2 aromatic carbocycles. The molecule has 0 aliphatic rings. The Morgan fingerprint density at radius 2 is 1.95 bits per heavy atom. The van der Waals surface area contributed by atoms with Gasteiger partial charge in [-0.2, -0.15) is 5.26 Å². The maximum atomic E-state index is 9.76. The summed E-state index contributed by atoms with van der Waals surface area (Å²) in [5.41, 5.74) is 2.43. The van der Waals surface area contributed by atoms with E-state index in [4.69, 9.17) is 16.9 Å². The van der Waals surface area contributed by atoms with Gasteiger partial charge in [0.05, 0.1) is 16.7 Å². The summed E-state index contributed by atoms with van der Waals surface area (Å²) in [4.78, 5) is 0. The smallest absolute Gasteiger partial charge is 0.138 e. The third-order valence-corrected chi connectivity index (χ3v) is 3.08. The first-order valence-electron chi connectivity index (χ1n) is 5.87. The molecule has 2 rings (SSSR count). The fourth-order valence-corrected chi connectivity index (χ4v) is 1.99. The van der Waals surface area contributed by atoms with Crippen molar-refractivity contribution < 1.29 is 5.11 Å². The number of phenols is 1. The lowest BCUT2D eigenvalue weighted by atomic mass is 10.1. The van der Waals surface area contributed by atoms with Crippen molar-refractivity contribution in [3.05, 3.63) is 64.2 Å². The van der Waals surface area contributed by atoms with E-state index in [1.807, 2.05) is 24.3 Å². The first-order chi connectivity index (χ1) is 9.20. The SMILES string of the molecule is N#Cc1cccc(CNCc2cccc(Cl)c2O)c1. The standard InChI is InChI=1S/C15H13ClN2O/c16-14-6-2-5-13(15(14)19)10-18-9-12-4-1-3-11(7-12)8-17/h1-7,18-19H,9-10H2. The van der Waals surface area contributed by atoms with E-state index < -0.39 is 0 Å². The molecule has 0 aliphatic heterocycles. The number of phenolic OH excluding ortho intramolecular Hbond substituents is 1. The van der Waals surface area contributed by atoms with Crippen LogP contribution in [0.25, 0.3) is 0 Å². The molecule has 0 heterocycles. The van der Waals surface area contributed by atoms with E-state index in [9.17, 15) is 5.11 Å². The van der Waals surface area contributed by atoms with Gasteiger partial charge in [0.1, 0.15) is 5.75 Å². The van der Waals surface area contributed by atoms with E-state index in [0.29, 0.717) is 23.7 Å². The quantitative estimate of drug-likeness (QED) is 0.899. The number of rotatable bonds is 4. The molecule has 0 spiro atoms. The summed E-state index contributed by atoms with van der Waals surface area (Å²) >= 11 is 5.84. The maximum absolute atomic E-state index is 9.76. The van der Waals surface area contributed by atoms with Crippen LogP contribution in [-0.2, 0) is 13.1 Å². The number of aromatic hydroxyl groups is 1. The molecular formula is C15H13ClN2O. The van der Waals surface area contributed by atoms with Gasteiger partial charge in [0.25, 0.3) is 0 Å². The van der Waals surface area contributed by atoms with Crippen molar-refractivity contribution in [3.63, 3.8) is 0 Å². The van der Waals surface area contributed by atoms with Crippen LogP contribution in [0.15, 0.2) is 42.5 Å². The van der Waals surface area contributed by atoms with Crippen molar-refractivity contribution in [2.24, 2.45) is 0 Å². The zero-order chi connectivity index (χ0) is 13.7. The van der Waals surface area contributed by atoms with E-state index >= 15 is 0 Å². The summed E-state index contributed by atoms with van der Waals surface area (Å²) in [5, 5.41) is 22.1. The first-order valence-corrected chi connectivity index (χ1v) is 6.24. The van der Waals surface area contributed by atoms with Crippen molar-refractivity contribution >= 4 is 11.6 Å². The number of para-hydroxylation sites is 1. The van der Waals surface area contributed by atoms with E-state index in [0.717, 1.165) is 11.1 Å². The largest absolute Gasteiger partial charge is 0.506 e. The van der Waals surface area contributed by atoms with Crippen molar-refractivity contribution in [2.75, 3.05) is 0 Å². The zero-order valence-corrected chi connectivity index (χ0v) is 11.0. The molecule has 0 fully saturated rings. The second-order valence-electron chi connectivity index (χ2n) is 4.16. The van der Waals surface area contributed by atoms with Crippen LogP contribution < -0.4 is 5.32 Å². The van der Waals surface area contributed by atoms with Gasteiger partial charge in [0, 0.05) is 18.7 Å². The molecule has 0 atom stereocenters. The Morgan fingerprint density at radius 3 is 2.74 bits per heavy atom. The van der Waals surface area contributed by atoms with E-state index in [1.54, 1.807) is 18.2 Å². The summed E-state index contributed by atoms with van der Waals surface area (Å²) in [6, 6.07) is 14.8. The number of nitrogens with one attached hydrogen (secondary N) is 1. The van der Waals surface area contributed by atoms with E-state index in [2.05, 4.69) is 11.4 Å². The molecule has 0 radical (unpaired) electrons.